The Balaban J connectivity index is 2.42. The van der Waals surface area contributed by atoms with Crippen LogP contribution in [0.2, 0.25) is 10.0 Å². The number of nitrogens with zero attached hydrogens (tertiary/aromatic N) is 2. The van der Waals surface area contributed by atoms with Gasteiger partial charge in [-0.15, -0.1) is 0 Å². The Morgan fingerprint density at radius 2 is 1.77 bits per heavy atom. The molecule has 2 aromatic carbocycles. The van der Waals surface area contributed by atoms with E-state index in [9.17, 15) is 18.0 Å². The summed E-state index contributed by atoms with van der Waals surface area (Å²) in [6, 6.07) is 9.42. The van der Waals surface area contributed by atoms with Gasteiger partial charge in [-0.3, -0.25) is 13.9 Å². The zero-order chi connectivity index (χ0) is 26.3. The molecule has 0 saturated carbocycles. The third-order valence-corrected chi connectivity index (χ3v) is 7.72. The van der Waals surface area contributed by atoms with E-state index < -0.39 is 28.5 Å². The number of halogens is 2. The number of amides is 2. The molecule has 7 nitrogen and oxygen atoms in total. The number of aryl methyl sites for hydroxylation is 1. The molecule has 0 aliphatic rings. The fourth-order valence-electron chi connectivity index (χ4n) is 3.55. The van der Waals surface area contributed by atoms with Crippen LogP contribution in [0.5, 0.6) is 0 Å². The monoisotopic (exact) mass is 541 g/mol. The predicted molar refractivity (Wildman–Crippen MR) is 142 cm³/mol. The van der Waals surface area contributed by atoms with Crippen LogP contribution < -0.4 is 9.62 Å². The molecule has 0 aliphatic heterocycles. The van der Waals surface area contributed by atoms with Gasteiger partial charge in [0, 0.05) is 13.1 Å². The van der Waals surface area contributed by atoms with Crippen LogP contribution in [-0.2, 0) is 26.2 Å². The van der Waals surface area contributed by atoms with E-state index in [0.29, 0.717) is 27.8 Å². The second-order valence-electron chi connectivity index (χ2n) is 8.58. The van der Waals surface area contributed by atoms with Gasteiger partial charge in [0.15, 0.2) is 0 Å². The zero-order valence-corrected chi connectivity index (χ0v) is 23.1. The average Bonchev–Trinajstić information content (AvgIpc) is 2.79. The second kappa shape index (κ2) is 12.6. The molecule has 2 aromatic rings. The van der Waals surface area contributed by atoms with Gasteiger partial charge in [0.25, 0.3) is 0 Å². The summed E-state index contributed by atoms with van der Waals surface area (Å²) in [7, 11) is -3.79. The third kappa shape index (κ3) is 7.85. The number of anilines is 1. The summed E-state index contributed by atoms with van der Waals surface area (Å²) in [5.74, 6) is -0.829. The van der Waals surface area contributed by atoms with Crippen LogP contribution in [0.4, 0.5) is 5.69 Å². The molecule has 0 spiro atoms. The van der Waals surface area contributed by atoms with Gasteiger partial charge in [0.1, 0.15) is 12.6 Å². The highest BCUT2D eigenvalue weighted by atomic mass is 35.5. The first-order valence-corrected chi connectivity index (χ1v) is 14.0. The van der Waals surface area contributed by atoms with Crippen molar-refractivity contribution in [1.82, 2.24) is 10.2 Å². The predicted octanol–water partition coefficient (Wildman–Crippen LogP) is 4.71. The minimum Gasteiger partial charge on any atom is -0.354 e. The summed E-state index contributed by atoms with van der Waals surface area (Å²) in [6.07, 6.45) is 2.79. The van der Waals surface area contributed by atoms with E-state index in [1.807, 2.05) is 26.8 Å². The normalized spacial score (nSPS) is 12.2. The van der Waals surface area contributed by atoms with Gasteiger partial charge >= 0.3 is 0 Å². The topological polar surface area (TPSA) is 86.8 Å². The van der Waals surface area contributed by atoms with Crippen LogP contribution in [0.25, 0.3) is 0 Å². The van der Waals surface area contributed by atoms with E-state index in [4.69, 9.17) is 23.2 Å². The summed E-state index contributed by atoms with van der Waals surface area (Å²) in [5, 5.41) is 3.54. The summed E-state index contributed by atoms with van der Waals surface area (Å²) in [6.45, 7) is 7.43. The van der Waals surface area contributed by atoms with Gasteiger partial charge < -0.3 is 10.2 Å². The van der Waals surface area contributed by atoms with Crippen LogP contribution in [0.1, 0.15) is 43.4 Å². The van der Waals surface area contributed by atoms with Gasteiger partial charge in [0.2, 0.25) is 21.8 Å². The maximum atomic E-state index is 13.6. The molecular weight excluding hydrogens is 509 g/mol. The first-order valence-electron chi connectivity index (χ1n) is 11.4. The highest BCUT2D eigenvalue weighted by Gasteiger charge is 2.30. The smallest absolute Gasteiger partial charge is 0.244 e. The van der Waals surface area contributed by atoms with Crippen molar-refractivity contribution in [3.63, 3.8) is 0 Å². The number of carbonyl (C=O) groups is 2. The number of benzene rings is 2. The Labute approximate surface area is 218 Å². The van der Waals surface area contributed by atoms with E-state index in [1.165, 1.54) is 4.90 Å². The Kier molecular flexibility index (Phi) is 10.4. The molecule has 0 fully saturated rings. The molecule has 0 aromatic heterocycles. The fourth-order valence-corrected chi connectivity index (χ4v) is 4.77. The molecule has 192 valence electrons. The highest BCUT2D eigenvalue weighted by Crippen LogP contribution is 2.26. The quantitative estimate of drug-likeness (QED) is 0.417. The van der Waals surface area contributed by atoms with Gasteiger partial charge in [-0.1, -0.05) is 54.7 Å². The van der Waals surface area contributed by atoms with Gasteiger partial charge in [0.05, 0.1) is 22.0 Å². The molecule has 0 radical (unpaired) electrons. The Bertz CT molecular complexity index is 1170. The molecule has 0 heterocycles. The van der Waals surface area contributed by atoms with E-state index in [-0.39, 0.29) is 12.5 Å². The van der Waals surface area contributed by atoms with E-state index in [2.05, 4.69) is 5.32 Å². The standard InChI is InChI=1S/C25H33Cl2N3O4S/c1-6-7-13-28-25(32)19(4)29(15-20-11-12-21(26)22(27)14-20)24(31)16-30(35(5,33)34)23-10-8-9-17(2)18(23)3/h8-12,14,19H,6-7,13,15-16H2,1-5H3,(H,28,32). The fraction of sp³-hybridized carbons (Fsp3) is 0.440. The zero-order valence-electron chi connectivity index (χ0n) is 20.8. The van der Waals surface area contributed by atoms with Crippen LogP contribution in [-0.4, -0.2) is 50.5 Å². The van der Waals surface area contributed by atoms with Crippen molar-refractivity contribution in [2.45, 2.75) is 53.1 Å². The molecule has 2 rings (SSSR count). The van der Waals surface area contributed by atoms with Crippen LogP contribution in [0, 0.1) is 13.8 Å². The summed E-state index contributed by atoms with van der Waals surface area (Å²) >= 11 is 12.2. The molecule has 1 atom stereocenters. The number of unbranched alkanes of at least 4 members (excludes halogenated alkanes) is 1. The van der Waals surface area contributed by atoms with Crippen molar-refractivity contribution in [2.24, 2.45) is 0 Å². The van der Waals surface area contributed by atoms with Crippen molar-refractivity contribution in [3.05, 3.63) is 63.1 Å². The lowest BCUT2D eigenvalue weighted by Gasteiger charge is -2.32. The van der Waals surface area contributed by atoms with Crippen LogP contribution >= 0.6 is 23.2 Å². The Morgan fingerprint density at radius 1 is 1.09 bits per heavy atom. The van der Waals surface area contributed by atoms with Gasteiger partial charge in [-0.25, -0.2) is 8.42 Å². The maximum absolute atomic E-state index is 13.6. The number of carbonyl (C=O) groups excluding carboxylic acids is 2. The first-order chi connectivity index (χ1) is 16.4. The lowest BCUT2D eigenvalue weighted by Crippen LogP contribution is -2.51. The number of sulfonamides is 1. The molecule has 2 amide bonds. The summed E-state index contributed by atoms with van der Waals surface area (Å²) in [4.78, 5) is 27.8. The van der Waals surface area contributed by atoms with Gasteiger partial charge in [-0.2, -0.15) is 0 Å². The number of hydrogen-bond donors (Lipinski definition) is 1. The first kappa shape index (κ1) is 28.9. The van der Waals surface area contributed by atoms with Crippen molar-refractivity contribution in [3.8, 4) is 0 Å². The largest absolute Gasteiger partial charge is 0.354 e. The molecule has 1 unspecified atom stereocenters. The van der Waals surface area contributed by atoms with Gasteiger partial charge in [-0.05, 0) is 62.1 Å². The number of nitrogens with one attached hydrogen (secondary N) is 1. The molecule has 10 heteroatoms. The molecule has 0 bridgehead atoms. The Hall–Kier alpha value is -2.29. The van der Waals surface area contributed by atoms with Crippen molar-refractivity contribution in [2.75, 3.05) is 23.7 Å². The third-order valence-electron chi connectivity index (χ3n) is 5.86. The van der Waals surface area contributed by atoms with E-state index >= 15 is 0 Å². The minimum atomic E-state index is -3.79. The highest BCUT2D eigenvalue weighted by molar-refractivity contribution is 7.92. The van der Waals surface area contributed by atoms with E-state index in [1.54, 1.807) is 37.3 Å². The van der Waals surface area contributed by atoms with Crippen molar-refractivity contribution < 1.29 is 18.0 Å². The molecular formula is C25H33Cl2N3O4S. The Morgan fingerprint density at radius 3 is 2.37 bits per heavy atom. The summed E-state index contributed by atoms with van der Waals surface area (Å²) < 4.78 is 26.5. The SMILES string of the molecule is CCCCNC(=O)C(C)N(Cc1ccc(Cl)c(Cl)c1)C(=O)CN(c1cccc(C)c1C)S(C)(=O)=O. The second-order valence-corrected chi connectivity index (χ2v) is 11.3. The minimum absolute atomic E-state index is 0.0580. The molecule has 1 N–H and O–H groups in total. The summed E-state index contributed by atoms with van der Waals surface area (Å²) in [5.41, 5.74) is 2.75. The molecule has 0 saturated heterocycles. The molecule has 35 heavy (non-hydrogen) atoms. The lowest BCUT2D eigenvalue weighted by atomic mass is 10.1. The number of rotatable bonds is 11. The van der Waals surface area contributed by atoms with Crippen molar-refractivity contribution in [1.29, 1.82) is 0 Å². The average molecular weight is 543 g/mol. The van der Waals surface area contributed by atoms with Crippen LogP contribution in [0.15, 0.2) is 36.4 Å². The molecule has 0 aliphatic carbocycles. The number of hydrogen-bond acceptors (Lipinski definition) is 4. The van der Waals surface area contributed by atoms with Crippen LogP contribution in [0.3, 0.4) is 0 Å². The van der Waals surface area contributed by atoms with E-state index in [0.717, 1.165) is 34.5 Å². The lowest BCUT2D eigenvalue weighted by molar-refractivity contribution is -0.139. The van der Waals surface area contributed by atoms with Crippen molar-refractivity contribution >= 4 is 50.7 Å². The maximum Gasteiger partial charge on any atom is 0.244 e.